The van der Waals surface area contributed by atoms with Gasteiger partial charge >= 0.3 is 0 Å². The van der Waals surface area contributed by atoms with Gasteiger partial charge in [-0.1, -0.05) is 57.5 Å². The number of aliphatic hydroxyl groups excluding tert-OH is 1. The van der Waals surface area contributed by atoms with Crippen LogP contribution in [0.4, 0.5) is 0 Å². The van der Waals surface area contributed by atoms with Crippen molar-refractivity contribution in [1.82, 2.24) is 0 Å². The van der Waals surface area contributed by atoms with Crippen LogP contribution < -0.4 is 0 Å². The smallest absolute Gasteiger partial charge is 0.163 e. The minimum Gasteiger partial charge on any atom is -0.512 e. The van der Waals surface area contributed by atoms with Crippen LogP contribution in [-0.2, 0) is 14.4 Å². The highest BCUT2D eigenvalue weighted by molar-refractivity contribution is 6.31. The predicted molar refractivity (Wildman–Crippen MR) is 108 cm³/mol. The standard InChI is InChI=1S/C23H27ClO4/c1-22(2)9-15(25)20(16(26)10-22)19(13-7-5-6-8-14(13)24)21-17(27)11-23(3,4)12-18(21)28/h5-8,19-20,27H,9-12H2,1-4H3. The molecule has 1 atom stereocenters. The molecular formula is C23H27ClO4. The Bertz CT molecular complexity index is 858. The summed E-state index contributed by atoms with van der Waals surface area (Å²) in [5, 5.41) is 11.2. The Labute approximate surface area is 171 Å². The van der Waals surface area contributed by atoms with Crippen molar-refractivity contribution in [2.75, 3.05) is 0 Å². The molecule has 1 saturated carbocycles. The quantitative estimate of drug-likeness (QED) is 0.705. The van der Waals surface area contributed by atoms with Crippen LogP contribution in [0, 0.1) is 16.7 Å². The van der Waals surface area contributed by atoms with E-state index in [1.165, 1.54) is 0 Å². The molecule has 3 rings (SSSR count). The van der Waals surface area contributed by atoms with E-state index >= 15 is 0 Å². The number of rotatable bonds is 3. The number of carbonyl (C=O) groups is 3. The van der Waals surface area contributed by atoms with Gasteiger partial charge in [-0.2, -0.15) is 0 Å². The van der Waals surface area contributed by atoms with Gasteiger partial charge in [0.2, 0.25) is 0 Å². The van der Waals surface area contributed by atoms with Crippen LogP contribution >= 0.6 is 11.6 Å². The van der Waals surface area contributed by atoms with Crippen molar-refractivity contribution >= 4 is 29.0 Å². The van der Waals surface area contributed by atoms with Gasteiger partial charge in [-0.15, -0.1) is 0 Å². The largest absolute Gasteiger partial charge is 0.512 e. The van der Waals surface area contributed by atoms with E-state index in [2.05, 4.69) is 0 Å². The predicted octanol–water partition coefficient (Wildman–Crippen LogP) is 5.20. The molecule has 1 aromatic rings. The molecule has 150 valence electrons. The van der Waals surface area contributed by atoms with Gasteiger partial charge < -0.3 is 5.11 Å². The first-order chi connectivity index (χ1) is 12.9. The van der Waals surface area contributed by atoms with Gasteiger partial charge in [0.1, 0.15) is 17.3 Å². The first-order valence-electron chi connectivity index (χ1n) is 9.67. The zero-order valence-corrected chi connectivity index (χ0v) is 17.6. The molecule has 0 spiro atoms. The lowest BCUT2D eigenvalue weighted by molar-refractivity contribution is -0.140. The van der Waals surface area contributed by atoms with Crippen molar-refractivity contribution in [3.8, 4) is 0 Å². The maximum atomic E-state index is 13.1. The van der Waals surface area contributed by atoms with Gasteiger partial charge in [0, 0.05) is 42.2 Å². The molecular weight excluding hydrogens is 376 g/mol. The Hall–Kier alpha value is -1.94. The zero-order valence-electron chi connectivity index (χ0n) is 16.8. The Balaban J connectivity index is 2.18. The van der Waals surface area contributed by atoms with Crippen LogP contribution in [0.2, 0.25) is 5.02 Å². The van der Waals surface area contributed by atoms with E-state index in [1.807, 2.05) is 27.7 Å². The summed E-state index contributed by atoms with van der Waals surface area (Å²) in [6, 6.07) is 6.95. The van der Waals surface area contributed by atoms with Crippen molar-refractivity contribution in [1.29, 1.82) is 0 Å². The lowest BCUT2D eigenvalue weighted by Gasteiger charge is -2.39. The summed E-state index contributed by atoms with van der Waals surface area (Å²) in [7, 11) is 0. The molecule has 1 N–H and O–H groups in total. The minimum atomic E-state index is -0.991. The van der Waals surface area contributed by atoms with Crippen LogP contribution in [0.5, 0.6) is 0 Å². The highest BCUT2D eigenvalue weighted by Gasteiger charge is 2.48. The number of ketones is 3. The molecule has 0 aliphatic heterocycles. The molecule has 2 aliphatic rings. The maximum absolute atomic E-state index is 13.1. The second kappa shape index (κ2) is 7.14. The van der Waals surface area contributed by atoms with E-state index in [0.29, 0.717) is 17.0 Å². The number of hydrogen-bond donors (Lipinski definition) is 1. The van der Waals surface area contributed by atoms with Crippen LogP contribution in [0.15, 0.2) is 35.6 Å². The molecule has 0 radical (unpaired) electrons. The molecule has 0 amide bonds. The van der Waals surface area contributed by atoms with Gasteiger partial charge in [0.15, 0.2) is 5.78 Å². The number of Topliss-reactive ketones (excluding diaryl/α,β-unsaturated/α-hetero) is 3. The molecule has 0 bridgehead atoms. The van der Waals surface area contributed by atoms with Gasteiger partial charge in [0.05, 0.1) is 5.92 Å². The Morgan fingerprint density at radius 2 is 1.46 bits per heavy atom. The molecule has 0 heterocycles. The number of allylic oxidation sites excluding steroid dienone is 2. The van der Waals surface area contributed by atoms with E-state index in [-0.39, 0.29) is 53.4 Å². The summed E-state index contributed by atoms with van der Waals surface area (Å²) >= 11 is 6.42. The molecule has 1 fully saturated rings. The molecule has 2 aliphatic carbocycles. The molecule has 28 heavy (non-hydrogen) atoms. The highest BCUT2D eigenvalue weighted by atomic mass is 35.5. The fourth-order valence-corrected chi connectivity index (χ4v) is 4.91. The van der Waals surface area contributed by atoms with Crippen molar-refractivity contribution in [2.24, 2.45) is 16.7 Å². The van der Waals surface area contributed by atoms with Gasteiger partial charge in [-0.3, -0.25) is 14.4 Å². The monoisotopic (exact) mass is 402 g/mol. The van der Waals surface area contributed by atoms with Crippen LogP contribution in [0.25, 0.3) is 0 Å². The molecule has 5 heteroatoms. The SMILES string of the molecule is CC1(C)CC(=O)C(C(C2=C(O)CC(C)(C)CC2=O)c2ccccc2Cl)C(=O)C1. The van der Waals surface area contributed by atoms with Crippen molar-refractivity contribution in [3.63, 3.8) is 0 Å². The average molecular weight is 403 g/mol. The summed E-state index contributed by atoms with van der Waals surface area (Å²) in [5.74, 6) is -2.46. The normalized spacial score (nSPS) is 23.8. The van der Waals surface area contributed by atoms with E-state index in [1.54, 1.807) is 24.3 Å². The molecule has 1 aromatic carbocycles. The van der Waals surface area contributed by atoms with Crippen molar-refractivity contribution in [3.05, 3.63) is 46.2 Å². The first kappa shape index (κ1) is 20.8. The Kier molecular flexibility index (Phi) is 5.30. The Morgan fingerprint density at radius 1 is 0.929 bits per heavy atom. The lowest BCUT2D eigenvalue weighted by Crippen LogP contribution is -2.43. The van der Waals surface area contributed by atoms with Gasteiger partial charge in [-0.25, -0.2) is 0 Å². The third-order valence-electron chi connectivity index (χ3n) is 5.78. The summed E-state index contributed by atoms with van der Waals surface area (Å²) in [6.07, 6.45) is 1.11. The third kappa shape index (κ3) is 3.93. The van der Waals surface area contributed by atoms with Gasteiger partial charge in [0.25, 0.3) is 0 Å². The number of halogens is 1. The van der Waals surface area contributed by atoms with Crippen molar-refractivity contribution in [2.45, 2.75) is 59.3 Å². The molecule has 0 aromatic heterocycles. The Morgan fingerprint density at radius 3 is 2.00 bits per heavy atom. The van der Waals surface area contributed by atoms with E-state index in [0.717, 1.165) is 0 Å². The second-order valence-electron chi connectivity index (χ2n) is 9.73. The third-order valence-corrected chi connectivity index (χ3v) is 6.12. The van der Waals surface area contributed by atoms with Crippen LogP contribution in [-0.4, -0.2) is 22.5 Å². The lowest BCUT2D eigenvalue weighted by atomic mass is 9.62. The first-order valence-corrected chi connectivity index (χ1v) is 10.0. The van der Waals surface area contributed by atoms with E-state index in [4.69, 9.17) is 11.6 Å². The summed E-state index contributed by atoms with van der Waals surface area (Å²) in [6.45, 7) is 7.63. The van der Waals surface area contributed by atoms with Gasteiger partial charge in [-0.05, 0) is 22.5 Å². The summed E-state index contributed by atoms with van der Waals surface area (Å²) in [5.41, 5.74) is -0.0350. The number of aliphatic hydroxyl groups is 1. The van der Waals surface area contributed by atoms with Crippen LogP contribution in [0.3, 0.4) is 0 Å². The number of carbonyl (C=O) groups excluding carboxylic acids is 3. The average Bonchev–Trinajstić information content (AvgIpc) is 2.50. The fourth-order valence-electron chi connectivity index (χ4n) is 4.66. The van der Waals surface area contributed by atoms with Crippen molar-refractivity contribution < 1.29 is 19.5 Å². The fraction of sp³-hybridized carbons (Fsp3) is 0.522. The molecule has 4 nitrogen and oxygen atoms in total. The van der Waals surface area contributed by atoms with E-state index in [9.17, 15) is 19.5 Å². The molecule has 1 unspecified atom stereocenters. The summed E-state index contributed by atoms with van der Waals surface area (Å²) in [4.78, 5) is 39.1. The topological polar surface area (TPSA) is 71.4 Å². The second-order valence-corrected chi connectivity index (χ2v) is 10.1. The maximum Gasteiger partial charge on any atom is 0.163 e. The zero-order chi connectivity index (χ0) is 20.9. The number of hydrogen-bond acceptors (Lipinski definition) is 4. The minimum absolute atomic E-state index is 0.0309. The molecule has 0 saturated heterocycles. The van der Waals surface area contributed by atoms with E-state index < -0.39 is 17.3 Å². The number of benzene rings is 1. The van der Waals surface area contributed by atoms with Crippen LogP contribution in [0.1, 0.15) is 64.9 Å². The summed E-state index contributed by atoms with van der Waals surface area (Å²) < 4.78 is 0. The highest BCUT2D eigenvalue weighted by Crippen LogP contribution is 2.48.